The van der Waals surface area contributed by atoms with E-state index in [0.29, 0.717) is 0 Å². The van der Waals surface area contributed by atoms with Gasteiger partial charge >= 0.3 is 0 Å². The fourth-order valence-corrected chi connectivity index (χ4v) is 2.12. The average Bonchev–Trinajstić information content (AvgIpc) is 2.42. The zero-order chi connectivity index (χ0) is 13.1. The maximum absolute atomic E-state index is 6.18. The molecule has 1 rings (SSSR count). The number of rotatable bonds is 5. The zero-order valence-corrected chi connectivity index (χ0v) is 12.4. The number of halogens is 1. The molecular weight excluding hydrogens is 234 g/mol. The van der Waals surface area contributed by atoms with Crippen molar-refractivity contribution in [3.8, 4) is 0 Å². The first-order valence-corrected chi connectivity index (χ1v) is 6.62. The average molecular weight is 258 g/mol. The lowest BCUT2D eigenvalue weighted by molar-refractivity contribution is 0.419. The van der Waals surface area contributed by atoms with Crippen LogP contribution in [0.1, 0.15) is 44.9 Å². The summed E-state index contributed by atoms with van der Waals surface area (Å²) in [5, 5.41) is 8.59. The van der Waals surface area contributed by atoms with Gasteiger partial charge in [0.2, 0.25) is 0 Å². The monoisotopic (exact) mass is 257 g/mol. The van der Waals surface area contributed by atoms with Gasteiger partial charge in [-0.1, -0.05) is 11.6 Å². The fourth-order valence-electron chi connectivity index (χ4n) is 1.85. The standard InChI is InChI=1S/C13H24ClN3/c1-10-11(12(14)17(5)16-10)8-6-7-9-15-13(2,3)4/h15H,6-9H2,1-5H3. The van der Waals surface area contributed by atoms with E-state index in [1.807, 2.05) is 14.0 Å². The molecule has 0 fully saturated rings. The largest absolute Gasteiger partial charge is 0.312 e. The second-order valence-electron chi connectivity index (χ2n) is 5.61. The first-order chi connectivity index (χ1) is 7.81. The summed E-state index contributed by atoms with van der Waals surface area (Å²) in [6.45, 7) is 9.65. The molecule has 1 aromatic rings. The smallest absolute Gasteiger partial charge is 0.130 e. The van der Waals surface area contributed by atoms with Crippen LogP contribution in [0.25, 0.3) is 0 Å². The maximum atomic E-state index is 6.18. The minimum atomic E-state index is 0.210. The minimum Gasteiger partial charge on any atom is -0.312 e. The molecule has 4 heteroatoms. The third-order valence-corrected chi connectivity index (χ3v) is 3.25. The summed E-state index contributed by atoms with van der Waals surface area (Å²) >= 11 is 6.18. The second kappa shape index (κ2) is 5.87. The molecule has 0 saturated heterocycles. The summed E-state index contributed by atoms with van der Waals surface area (Å²) in [5.41, 5.74) is 2.47. The molecule has 0 radical (unpaired) electrons. The SMILES string of the molecule is Cc1nn(C)c(Cl)c1CCCCNC(C)(C)C. The molecule has 17 heavy (non-hydrogen) atoms. The first kappa shape index (κ1) is 14.5. The van der Waals surface area contributed by atoms with Gasteiger partial charge in [0.15, 0.2) is 0 Å². The summed E-state index contributed by atoms with van der Waals surface area (Å²) < 4.78 is 1.75. The molecular formula is C13H24ClN3. The number of hydrogen-bond donors (Lipinski definition) is 1. The Bertz CT molecular complexity index is 363. The maximum Gasteiger partial charge on any atom is 0.130 e. The number of nitrogens with one attached hydrogen (secondary N) is 1. The van der Waals surface area contributed by atoms with Crippen molar-refractivity contribution in [2.24, 2.45) is 7.05 Å². The van der Waals surface area contributed by atoms with E-state index in [0.717, 1.165) is 30.2 Å². The Balaban J connectivity index is 2.32. The third-order valence-electron chi connectivity index (χ3n) is 2.78. The summed E-state index contributed by atoms with van der Waals surface area (Å²) in [7, 11) is 1.89. The van der Waals surface area contributed by atoms with Crippen molar-refractivity contribution in [1.82, 2.24) is 15.1 Å². The van der Waals surface area contributed by atoms with Gasteiger partial charge in [-0.3, -0.25) is 4.68 Å². The van der Waals surface area contributed by atoms with E-state index in [9.17, 15) is 0 Å². The summed E-state index contributed by atoms with van der Waals surface area (Å²) in [4.78, 5) is 0. The molecule has 0 aromatic carbocycles. The minimum absolute atomic E-state index is 0.210. The van der Waals surface area contributed by atoms with Crippen LogP contribution >= 0.6 is 11.6 Å². The van der Waals surface area contributed by atoms with Crippen LogP contribution in [0.5, 0.6) is 0 Å². The molecule has 0 unspecified atom stereocenters. The highest BCUT2D eigenvalue weighted by molar-refractivity contribution is 6.30. The predicted octanol–water partition coefficient (Wildman–Crippen LogP) is 3.09. The van der Waals surface area contributed by atoms with Crippen molar-refractivity contribution in [3.63, 3.8) is 0 Å². The first-order valence-electron chi connectivity index (χ1n) is 6.24. The van der Waals surface area contributed by atoms with Crippen LogP contribution < -0.4 is 5.32 Å². The summed E-state index contributed by atoms with van der Waals surface area (Å²) in [6, 6.07) is 0. The normalized spacial score (nSPS) is 12.1. The highest BCUT2D eigenvalue weighted by atomic mass is 35.5. The van der Waals surface area contributed by atoms with E-state index < -0.39 is 0 Å². The van der Waals surface area contributed by atoms with Crippen molar-refractivity contribution in [3.05, 3.63) is 16.4 Å². The molecule has 0 spiro atoms. The molecule has 1 aromatic heterocycles. The number of aromatic nitrogens is 2. The van der Waals surface area contributed by atoms with Gasteiger partial charge in [0.25, 0.3) is 0 Å². The topological polar surface area (TPSA) is 29.9 Å². The van der Waals surface area contributed by atoms with Gasteiger partial charge in [-0.25, -0.2) is 0 Å². The van der Waals surface area contributed by atoms with Crippen LogP contribution in [0.15, 0.2) is 0 Å². The zero-order valence-electron chi connectivity index (χ0n) is 11.6. The van der Waals surface area contributed by atoms with E-state index in [1.54, 1.807) is 4.68 Å². The van der Waals surface area contributed by atoms with Crippen LogP contribution in [0.3, 0.4) is 0 Å². The van der Waals surface area contributed by atoms with E-state index in [1.165, 1.54) is 12.0 Å². The van der Waals surface area contributed by atoms with E-state index in [-0.39, 0.29) is 5.54 Å². The van der Waals surface area contributed by atoms with Crippen molar-refractivity contribution >= 4 is 11.6 Å². The van der Waals surface area contributed by atoms with Gasteiger partial charge in [-0.05, 0) is 53.5 Å². The van der Waals surface area contributed by atoms with Gasteiger partial charge in [-0.15, -0.1) is 0 Å². The molecule has 0 bridgehead atoms. The molecule has 98 valence electrons. The third kappa shape index (κ3) is 4.68. The van der Waals surface area contributed by atoms with Crippen molar-refractivity contribution in [1.29, 1.82) is 0 Å². The van der Waals surface area contributed by atoms with E-state index in [2.05, 4.69) is 31.2 Å². The molecule has 0 aliphatic heterocycles. The molecule has 0 aliphatic carbocycles. The van der Waals surface area contributed by atoms with Crippen LogP contribution in [0.2, 0.25) is 5.15 Å². The van der Waals surface area contributed by atoms with Crippen molar-refractivity contribution in [2.45, 2.75) is 52.5 Å². The molecule has 0 saturated carbocycles. The van der Waals surface area contributed by atoms with Gasteiger partial charge in [0, 0.05) is 18.2 Å². The quantitative estimate of drug-likeness (QED) is 0.822. The Morgan fingerprint density at radius 2 is 1.94 bits per heavy atom. The van der Waals surface area contributed by atoms with Crippen molar-refractivity contribution < 1.29 is 0 Å². The van der Waals surface area contributed by atoms with Gasteiger partial charge in [0.1, 0.15) is 5.15 Å². The lowest BCUT2D eigenvalue weighted by atomic mass is 10.1. The number of aryl methyl sites for hydroxylation is 2. The van der Waals surface area contributed by atoms with Crippen LogP contribution in [0, 0.1) is 6.92 Å². The van der Waals surface area contributed by atoms with E-state index >= 15 is 0 Å². The number of unbranched alkanes of at least 4 members (excludes halogenated alkanes) is 1. The second-order valence-corrected chi connectivity index (χ2v) is 5.97. The number of hydrogen-bond acceptors (Lipinski definition) is 2. The molecule has 0 aliphatic rings. The van der Waals surface area contributed by atoms with Crippen molar-refractivity contribution in [2.75, 3.05) is 6.54 Å². The van der Waals surface area contributed by atoms with Crippen LogP contribution in [-0.2, 0) is 13.5 Å². The molecule has 0 amide bonds. The lowest BCUT2D eigenvalue weighted by Gasteiger charge is -2.20. The Morgan fingerprint density at radius 1 is 1.29 bits per heavy atom. The van der Waals surface area contributed by atoms with Gasteiger partial charge in [-0.2, -0.15) is 5.10 Å². The Kier molecular flexibility index (Phi) is 5.02. The molecule has 3 nitrogen and oxygen atoms in total. The highest BCUT2D eigenvalue weighted by Crippen LogP contribution is 2.20. The summed E-state index contributed by atoms with van der Waals surface area (Å²) in [5.74, 6) is 0. The highest BCUT2D eigenvalue weighted by Gasteiger charge is 2.11. The van der Waals surface area contributed by atoms with Crippen LogP contribution in [-0.4, -0.2) is 21.9 Å². The Morgan fingerprint density at radius 3 is 2.41 bits per heavy atom. The lowest BCUT2D eigenvalue weighted by Crippen LogP contribution is -2.36. The Labute approximate surface area is 110 Å². The Hall–Kier alpha value is -0.540. The number of nitrogens with zero attached hydrogens (tertiary/aromatic N) is 2. The predicted molar refractivity (Wildman–Crippen MR) is 73.6 cm³/mol. The summed E-state index contributed by atoms with van der Waals surface area (Å²) in [6.07, 6.45) is 3.33. The molecule has 0 atom stereocenters. The molecule has 1 N–H and O–H groups in total. The van der Waals surface area contributed by atoms with Gasteiger partial charge < -0.3 is 5.32 Å². The van der Waals surface area contributed by atoms with Crippen LogP contribution in [0.4, 0.5) is 0 Å². The fraction of sp³-hybridized carbons (Fsp3) is 0.769. The van der Waals surface area contributed by atoms with Gasteiger partial charge in [0.05, 0.1) is 5.69 Å². The van der Waals surface area contributed by atoms with E-state index in [4.69, 9.17) is 11.6 Å². The molecule has 1 heterocycles.